The number of rotatable bonds is 4. The molecular formula is C27H26F3N7O. The number of alkyl halides is 3. The van der Waals surface area contributed by atoms with Crippen LogP contribution < -0.4 is 15.1 Å². The fourth-order valence-electron chi connectivity index (χ4n) is 5.45. The van der Waals surface area contributed by atoms with Crippen LogP contribution in [0.3, 0.4) is 0 Å². The van der Waals surface area contributed by atoms with Gasteiger partial charge in [-0.05, 0) is 62.2 Å². The van der Waals surface area contributed by atoms with Crippen molar-refractivity contribution in [1.29, 1.82) is 0 Å². The molecule has 3 heterocycles. The number of benzene rings is 2. The number of carbonyl (C=O) groups is 1. The largest absolute Gasteiger partial charge is 0.416 e. The molecule has 2 aliphatic rings. The van der Waals surface area contributed by atoms with Gasteiger partial charge in [0.25, 0.3) is 5.91 Å². The van der Waals surface area contributed by atoms with E-state index in [4.69, 9.17) is 4.98 Å². The number of aromatic amines is 1. The summed E-state index contributed by atoms with van der Waals surface area (Å²) in [6, 6.07) is 9.94. The van der Waals surface area contributed by atoms with Gasteiger partial charge in [-0.15, -0.1) is 0 Å². The van der Waals surface area contributed by atoms with E-state index >= 15 is 0 Å². The quantitative estimate of drug-likeness (QED) is 0.327. The molecule has 1 aliphatic heterocycles. The smallest absolute Gasteiger partial charge is 0.340 e. The predicted octanol–water partition coefficient (Wildman–Crippen LogP) is 6.32. The summed E-state index contributed by atoms with van der Waals surface area (Å²) in [6.45, 7) is 1.83. The van der Waals surface area contributed by atoms with Crippen LogP contribution in [0.5, 0.6) is 0 Å². The maximum absolute atomic E-state index is 13.7. The van der Waals surface area contributed by atoms with Crippen LogP contribution in [0.1, 0.15) is 44.6 Å². The van der Waals surface area contributed by atoms with Gasteiger partial charge in [-0.2, -0.15) is 23.3 Å². The minimum atomic E-state index is -4.46. The van der Waals surface area contributed by atoms with Gasteiger partial charge in [-0.1, -0.05) is 19.3 Å². The van der Waals surface area contributed by atoms with E-state index in [2.05, 4.69) is 25.4 Å². The molecule has 0 unspecified atom stereocenters. The average Bonchev–Trinajstić information content (AvgIpc) is 3.38. The second kappa shape index (κ2) is 9.30. The molecule has 1 saturated carbocycles. The van der Waals surface area contributed by atoms with E-state index in [1.807, 2.05) is 25.1 Å². The van der Waals surface area contributed by atoms with Gasteiger partial charge in [0.2, 0.25) is 5.95 Å². The molecule has 0 bridgehead atoms. The Morgan fingerprint density at radius 2 is 1.79 bits per heavy atom. The molecule has 1 amide bonds. The van der Waals surface area contributed by atoms with Crippen LogP contribution in [0.4, 0.5) is 42.0 Å². The van der Waals surface area contributed by atoms with Gasteiger partial charge in [-0.3, -0.25) is 14.8 Å². The van der Waals surface area contributed by atoms with Crippen molar-refractivity contribution < 1.29 is 18.0 Å². The lowest BCUT2D eigenvalue weighted by Crippen LogP contribution is -2.55. The summed E-state index contributed by atoms with van der Waals surface area (Å²) >= 11 is 0. The van der Waals surface area contributed by atoms with Gasteiger partial charge >= 0.3 is 6.18 Å². The fourth-order valence-corrected chi connectivity index (χ4v) is 5.45. The molecule has 2 aromatic heterocycles. The zero-order valence-electron chi connectivity index (χ0n) is 20.7. The molecule has 38 heavy (non-hydrogen) atoms. The van der Waals surface area contributed by atoms with E-state index < -0.39 is 17.8 Å². The van der Waals surface area contributed by atoms with Crippen molar-refractivity contribution in [1.82, 2.24) is 20.2 Å². The van der Waals surface area contributed by atoms with Crippen molar-refractivity contribution in [3.05, 3.63) is 60.4 Å². The third-order valence-electron chi connectivity index (χ3n) is 7.35. The first-order chi connectivity index (χ1) is 18.3. The molecule has 196 valence electrons. The molecule has 11 heteroatoms. The van der Waals surface area contributed by atoms with Crippen molar-refractivity contribution >= 4 is 45.6 Å². The first kappa shape index (κ1) is 24.2. The van der Waals surface area contributed by atoms with Crippen molar-refractivity contribution in [2.45, 2.75) is 57.3 Å². The zero-order chi connectivity index (χ0) is 26.4. The van der Waals surface area contributed by atoms with Gasteiger partial charge < -0.3 is 10.2 Å². The number of halogens is 3. The van der Waals surface area contributed by atoms with Gasteiger partial charge in [-0.25, -0.2) is 4.98 Å². The molecule has 0 radical (unpaired) electrons. The molecule has 4 aromatic rings. The van der Waals surface area contributed by atoms with Crippen LogP contribution >= 0.6 is 0 Å². The van der Waals surface area contributed by atoms with Crippen molar-refractivity contribution in [3.63, 3.8) is 0 Å². The molecule has 8 nitrogen and oxygen atoms in total. The Morgan fingerprint density at radius 3 is 2.53 bits per heavy atom. The van der Waals surface area contributed by atoms with Crippen LogP contribution in [0, 0.1) is 0 Å². The van der Waals surface area contributed by atoms with Crippen molar-refractivity contribution in [2.75, 3.05) is 15.1 Å². The molecule has 6 rings (SSSR count). The van der Waals surface area contributed by atoms with Crippen LogP contribution in [-0.2, 0) is 11.0 Å². The number of fused-ring (bicyclic) bond motifs is 2. The number of hydrogen-bond donors (Lipinski definition) is 2. The lowest BCUT2D eigenvalue weighted by atomic mass is 9.92. The number of nitrogens with zero attached hydrogens (tertiary/aromatic N) is 5. The monoisotopic (exact) mass is 521 g/mol. The molecule has 0 spiro atoms. The van der Waals surface area contributed by atoms with Crippen molar-refractivity contribution in [3.8, 4) is 0 Å². The normalized spacial score (nSPS) is 18.6. The van der Waals surface area contributed by atoms with Gasteiger partial charge in [0, 0.05) is 22.8 Å². The summed E-state index contributed by atoms with van der Waals surface area (Å²) < 4.78 is 39.5. The Kier molecular flexibility index (Phi) is 5.93. The maximum atomic E-state index is 13.7. The Bertz CT molecular complexity index is 1480. The molecule has 1 aliphatic carbocycles. The van der Waals surface area contributed by atoms with E-state index in [0.29, 0.717) is 23.1 Å². The SMILES string of the molecule is C[C@@H]1C(=O)N(c2ccc(C(F)(F)F)cc2)c2cnc(Nc3ccc4[nH]ncc4c3)nc2N1C1CCCCC1. The van der Waals surface area contributed by atoms with E-state index in [0.717, 1.165) is 60.8 Å². The first-order valence-corrected chi connectivity index (χ1v) is 12.7. The van der Waals surface area contributed by atoms with Crippen molar-refractivity contribution in [2.24, 2.45) is 0 Å². The molecule has 1 atom stereocenters. The lowest BCUT2D eigenvalue weighted by Gasteiger charge is -2.45. The second-order valence-electron chi connectivity index (χ2n) is 9.79. The van der Waals surface area contributed by atoms with Crippen LogP contribution in [-0.4, -0.2) is 38.2 Å². The lowest BCUT2D eigenvalue weighted by molar-refractivity contribution is -0.137. The van der Waals surface area contributed by atoms with E-state index in [1.165, 1.54) is 17.0 Å². The minimum Gasteiger partial charge on any atom is -0.340 e. The number of aromatic nitrogens is 4. The summed E-state index contributed by atoms with van der Waals surface area (Å²) in [5.74, 6) is 0.727. The van der Waals surface area contributed by atoms with E-state index in [1.54, 1.807) is 12.4 Å². The Labute approximate surface area is 216 Å². The summed E-state index contributed by atoms with van der Waals surface area (Å²) in [4.78, 5) is 26.5. The number of carbonyl (C=O) groups excluding carboxylic acids is 1. The minimum absolute atomic E-state index is 0.140. The Morgan fingerprint density at radius 1 is 1.03 bits per heavy atom. The molecule has 1 fully saturated rings. The predicted molar refractivity (Wildman–Crippen MR) is 139 cm³/mol. The van der Waals surface area contributed by atoms with Crippen LogP contribution in [0.2, 0.25) is 0 Å². The Balaban J connectivity index is 1.41. The number of amides is 1. The van der Waals surface area contributed by atoms with Gasteiger partial charge in [0.05, 0.1) is 23.5 Å². The van der Waals surface area contributed by atoms with Gasteiger partial charge in [0.15, 0.2) is 5.82 Å². The highest BCUT2D eigenvalue weighted by Crippen LogP contribution is 2.43. The zero-order valence-corrected chi connectivity index (χ0v) is 20.7. The fraction of sp³-hybridized carbons (Fsp3) is 0.333. The molecule has 2 N–H and O–H groups in total. The van der Waals surface area contributed by atoms with Crippen LogP contribution in [0.15, 0.2) is 54.9 Å². The number of H-pyrrole nitrogens is 1. The van der Waals surface area contributed by atoms with Crippen LogP contribution in [0.25, 0.3) is 10.9 Å². The highest BCUT2D eigenvalue weighted by atomic mass is 19.4. The van der Waals surface area contributed by atoms with Gasteiger partial charge in [0.1, 0.15) is 11.7 Å². The standard InChI is InChI=1S/C27H26F3N7O/c1-16-25(38)37(21-10-7-18(8-11-21)27(28,29)30)23-15-31-26(33-19-9-12-22-17(13-19)14-32-35-22)34-24(23)36(16)20-5-3-2-4-6-20/h7-16,20H,2-6H2,1H3,(H,32,35)(H,31,33,34)/t16-/m1/s1. The summed E-state index contributed by atoms with van der Waals surface area (Å²) in [5, 5.41) is 11.1. The molecule has 0 saturated heterocycles. The highest BCUT2D eigenvalue weighted by molar-refractivity contribution is 6.09. The summed E-state index contributed by atoms with van der Waals surface area (Å²) in [5.41, 5.74) is 1.71. The van der Waals surface area contributed by atoms with E-state index in [-0.39, 0.29) is 11.9 Å². The third-order valence-corrected chi connectivity index (χ3v) is 7.35. The summed E-state index contributed by atoms with van der Waals surface area (Å²) in [6.07, 6.45) is 4.03. The average molecular weight is 522 g/mol. The third kappa shape index (κ3) is 4.31. The molecule has 2 aromatic carbocycles. The first-order valence-electron chi connectivity index (χ1n) is 12.7. The summed E-state index contributed by atoms with van der Waals surface area (Å²) in [7, 11) is 0. The number of anilines is 5. The second-order valence-corrected chi connectivity index (χ2v) is 9.79. The molecular weight excluding hydrogens is 495 g/mol. The maximum Gasteiger partial charge on any atom is 0.416 e. The number of nitrogens with one attached hydrogen (secondary N) is 2. The number of hydrogen-bond acceptors (Lipinski definition) is 6. The topological polar surface area (TPSA) is 90.0 Å². The Hall–Kier alpha value is -4.15. The highest BCUT2D eigenvalue weighted by Gasteiger charge is 2.41. The van der Waals surface area contributed by atoms with E-state index in [9.17, 15) is 18.0 Å².